The zero-order chi connectivity index (χ0) is 9.23. The molecular formula is C12H24. The Kier molecular flexibility index (Phi) is 8.64. The fourth-order valence-corrected chi connectivity index (χ4v) is 1.42. The van der Waals surface area contributed by atoms with E-state index in [0.717, 1.165) is 5.92 Å². The van der Waals surface area contributed by atoms with E-state index < -0.39 is 0 Å². The third-order valence-corrected chi connectivity index (χ3v) is 2.23. The molecule has 72 valence electrons. The van der Waals surface area contributed by atoms with Crippen LogP contribution in [0.3, 0.4) is 0 Å². The average molecular weight is 168 g/mol. The highest BCUT2D eigenvalue weighted by Gasteiger charge is 1.97. The van der Waals surface area contributed by atoms with Crippen LogP contribution in [0.4, 0.5) is 0 Å². The summed E-state index contributed by atoms with van der Waals surface area (Å²) in [7, 11) is 0. The molecule has 1 unspecified atom stereocenters. The third kappa shape index (κ3) is 7.84. The maximum atomic E-state index is 2.36. The Morgan fingerprint density at radius 2 is 1.58 bits per heavy atom. The molecule has 0 rings (SSSR count). The summed E-state index contributed by atoms with van der Waals surface area (Å²) in [6, 6.07) is 0. The molecule has 0 aliphatic carbocycles. The SMILES string of the molecule is CCC/C=C/CCC(C)CCC. The largest absolute Gasteiger partial charge is 0.0885 e. The van der Waals surface area contributed by atoms with Gasteiger partial charge in [-0.3, -0.25) is 0 Å². The minimum absolute atomic E-state index is 0.918. The van der Waals surface area contributed by atoms with E-state index >= 15 is 0 Å². The van der Waals surface area contributed by atoms with Crippen LogP contribution in [0.2, 0.25) is 0 Å². The number of hydrogen-bond donors (Lipinski definition) is 0. The zero-order valence-electron chi connectivity index (χ0n) is 8.97. The molecule has 0 bridgehead atoms. The predicted molar refractivity (Wildman–Crippen MR) is 57.4 cm³/mol. The molecule has 0 aromatic carbocycles. The predicted octanol–water partition coefficient (Wildman–Crippen LogP) is 4.56. The van der Waals surface area contributed by atoms with Gasteiger partial charge in [-0.25, -0.2) is 0 Å². The Morgan fingerprint density at radius 1 is 0.917 bits per heavy atom. The van der Waals surface area contributed by atoms with Gasteiger partial charge < -0.3 is 0 Å². The maximum absolute atomic E-state index is 2.36. The van der Waals surface area contributed by atoms with Crippen molar-refractivity contribution in [3.8, 4) is 0 Å². The number of unbranched alkanes of at least 4 members (excludes halogenated alkanes) is 1. The van der Waals surface area contributed by atoms with E-state index in [1.165, 1.54) is 38.5 Å². The zero-order valence-corrected chi connectivity index (χ0v) is 8.97. The summed E-state index contributed by atoms with van der Waals surface area (Å²) in [6.45, 7) is 6.85. The monoisotopic (exact) mass is 168 g/mol. The lowest BCUT2D eigenvalue weighted by molar-refractivity contribution is 0.490. The molecule has 0 heteroatoms. The van der Waals surface area contributed by atoms with Gasteiger partial charge in [-0.05, 0) is 25.2 Å². The molecule has 0 radical (unpaired) electrons. The van der Waals surface area contributed by atoms with Crippen LogP contribution in [-0.4, -0.2) is 0 Å². The molecule has 0 spiro atoms. The second-order valence-electron chi connectivity index (χ2n) is 3.73. The maximum Gasteiger partial charge on any atom is -0.0348 e. The first-order valence-corrected chi connectivity index (χ1v) is 5.46. The van der Waals surface area contributed by atoms with Crippen LogP contribution in [0.25, 0.3) is 0 Å². The lowest BCUT2D eigenvalue weighted by Gasteiger charge is -2.06. The van der Waals surface area contributed by atoms with Crippen LogP contribution in [0.1, 0.15) is 59.3 Å². The Hall–Kier alpha value is -0.260. The molecule has 12 heavy (non-hydrogen) atoms. The molecule has 0 amide bonds. The molecule has 0 N–H and O–H groups in total. The van der Waals surface area contributed by atoms with E-state index in [9.17, 15) is 0 Å². The van der Waals surface area contributed by atoms with Crippen molar-refractivity contribution in [1.29, 1.82) is 0 Å². The second kappa shape index (κ2) is 8.83. The molecule has 0 aliphatic heterocycles. The lowest BCUT2D eigenvalue weighted by Crippen LogP contribution is -1.91. The van der Waals surface area contributed by atoms with Gasteiger partial charge in [0.1, 0.15) is 0 Å². The van der Waals surface area contributed by atoms with Crippen molar-refractivity contribution in [2.24, 2.45) is 5.92 Å². The van der Waals surface area contributed by atoms with E-state index in [1.807, 2.05) is 0 Å². The summed E-state index contributed by atoms with van der Waals surface area (Å²) in [5.41, 5.74) is 0. The molecule has 1 atom stereocenters. The molecule has 0 aliphatic rings. The Bertz CT molecular complexity index is 103. The summed E-state index contributed by atoms with van der Waals surface area (Å²) >= 11 is 0. The van der Waals surface area contributed by atoms with E-state index in [4.69, 9.17) is 0 Å². The van der Waals surface area contributed by atoms with Crippen LogP contribution in [-0.2, 0) is 0 Å². The van der Waals surface area contributed by atoms with Gasteiger partial charge in [0.25, 0.3) is 0 Å². The summed E-state index contributed by atoms with van der Waals surface area (Å²) in [5.74, 6) is 0.918. The van der Waals surface area contributed by atoms with Gasteiger partial charge >= 0.3 is 0 Å². The molecule has 0 aromatic rings. The van der Waals surface area contributed by atoms with Gasteiger partial charge in [-0.2, -0.15) is 0 Å². The van der Waals surface area contributed by atoms with E-state index in [1.54, 1.807) is 0 Å². The number of hydrogen-bond acceptors (Lipinski definition) is 0. The van der Waals surface area contributed by atoms with Crippen molar-refractivity contribution < 1.29 is 0 Å². The third-order valence-electron chi connectivity index (χ3n) is 2.23. The van der Waals surface area contributed by atoms with Gasteiger partial charge in [0.2, 0.25) is 0 Å². The molecule has 0 saturated heterocycles. The van der Waals surface area contributed by atoms with Crippen molar-refractivity contribution in [3.63, 3.8) is 0 Å². The van der Waals surface area contributed by atoms with Crippen molar-refractivity contribution in [3.05, 3.63) is 12.2 Å². The highest BCUT2D eigenvalue weighted by atomic mass is 14.0. The van der Waals surface area contributed by atoms with Crippen LogP contribution in [0.15, 0.2) is 12.2 Å². The first kappa shape index (κ1) is 11.7. The van der Waals surface area contributed by atoms with Crippen LogP contribution < -0.4 is 0 Å². The van der Waals surface area contributed by atoms with E-state index in [2.05, 4.69) is 32.9 Å². The Labute approximate surface area is 78.1 Å². The standard InChI is InChI=1S/C12H24/c1-4-6-7-8-9-11-12(3)10-5-2/h7-8,12H,4-6,9-11H2,1-3H3/b8-7+. The number of rotatable bonds is 7. The smallest absolute Gasteiger partial charge is 0.0348 e. The van der Waals surface area contributed by atoms with E-state index in [-0.39, 0.29) is 0 Å². The molecule has 0 fully saturated rings. The summed E-state index contributed by atoms with van der Waals surface area (Å²) < 4.78 is 0. The van der Waals surface area contributed by atoms with E-state index in [0.29, 0.717) is 0 Å². The Morgan fingerprint density at radius 3 is 2.17 bits per heavy atom. The fourth-order valence-electron chi connectivity index (χ4n) is 1.42. The van der Waals surface area contributed by atoms with Gasteiger partial charge in [-0.1, -0.05) is 52.2 Å². The molecule has 0 nitrogen and oxygen atoms in total. The highest BCUT2D eigenvalue weighted by Crippen LogP contribution is 2.12. The molecule has 0 heterocycles. The normalized spacial score (nSPS) is 13.9. The summed E-state index contributed by atoms with van der Waals surface area (Å²) in [5, 5.41) is 0. The second-order valence-corrected chi connectivity index (χ2v) is 3.73. The first-order valence-electron chi connectivity index (χ1n) is 5.46. The fraction of sp³-hybridized carbons (Fsp3) is 0.833. The topological polar surface area (TPSA) is 0 Å². The van der Waals surface area contributed by atoms with Crippen molar-refractivity contribution in [1.82, 2.24) is 0 Å². The minimum atomic E-state index is 0.918. The molecule has 0 aromatic heterocycles. The summed E-state index contributed by atoms with van der Waals surface area (Å²) in [4.78, 5) is 0. The number of allylic oxidation sites excluding steroid dienone is 2. The van der Waals surface area contributed by atoms with Crippen molar-refractivity contribution >= 4 is 0 Å². The summed E-state index contributed by atoms with van der Waals surface area (Å²) in [6.07, 6.45) is 12.6. The quantitative estimate of drug-likeness (QED) is 0.489. The van der Waals surface area contributed by atoms with Gasteiger partial charge in [-0.15, -0.1) is 0 Å². The lowest BCUT2D eigenvalue weighted by atomic mass is 10.0. The highest BCUT2D eigenvalue weighted by molar-refractivity contribution is 4.81. The average Bonchev–Trinajstić information content (AvgIpc) is 2.05. The van der Waals surface area contributed by atoms with Crippen molar-refractivity contribution in [2.75, 3.05) is 0 Å². The van der Waals surface area contributed by atoms with Crippen molar-refractivity contribution in [2.45, 2.75) is 59.3 Å². The van der Waals surface area contributed by atoms with Gasteiger partial charge in [0, 0.05) is 0 Å². The van der Waals surface area contributed by atoms with Crippen LogP contribution in [0, 0.1) is 5.92 Å². The first-order chi connectivity index (χ1) is 5.81. The van der Waals surface area contributed by atoms with Gasteiger partial charge in [0.15, 0.2) is 0 Å². The minimum Gasteiger partial charge on any atom is -0.0885 e. The molecule has 0 saturated carbocycles. The Balaban J connectivity index is 3.17. The van der Waals surface area contributed by atoms with Gasteiger partial charge in [0.05, 0.1) is 0 Å². The molecular weight excluding hydrogens is 144 g/mol. The van der Waals surface area contributed by atoms with Crippen LogP contribution >= 0.6 is 0 Å². The van der Waals surface area contributed by atoms with Crippen LogP contribution in [0.5, 0.6) is 0 Å².